The molecule has 0 saturated carbocycles. The van der Waals surface area contributed by atoms with Gasteiger partial charge in [-0.25, -0.2) is 4.79 Å². The van der Waals surface area contributed by atoms with Crippen molar-refractivity contribution >= 4 is 6.03 Å². The first-order chi connectivity index (χ1) is 9.66. The van der Waals surface area contributed by atoms with Crippen LogP contribution in [0.2, 0.25) is 0 Å². The zero-order chi connectivity index (χ0) is 14.4. The number of hydrogen-bond donors (Lipinski definition) is 1. The van der Waals surface area contributed by atoms with E-state index in [0.29, 0.717) is 6.54 Å². The summed E-state index contributed by atoms with van der Waals surface area (Å²) in [5.74, 6) is 0. The molecule has 2 atom stereocenters. The Labute approximate surface area is 121 Å². The minimum absolute atomic E-state index is 0.0124. The SMILES string of the molecule is CC(NC(=O)N(C)CC1CCCCO1)c1ccccc1. The molecular weight excluding hydrogens is 252 g/mol. The second-order valence-corrected chi connectivity index (χ2v) is 5.45. The van der Waals surface area contributed by atoms with Crippen LogP contribution >= 0.6 is 0 Å². The molecule has 0 aliphatic carbocycles. The highest BCUT2D eigenvalue weighted by Gasteiger charge is 2.19. The van der Waals surface area contributed by atoms with Crippen LogP contribution < -0.4 is 5.32 Å². The Bertz CT molecular complexity index is 416. The summed E-state index contributed by atoms with van der Waals surface area (Å²) < 4.78 is 5.67. The molecule has 2 unspecified atom stereocenters. The molecule has 4 heteroatoms. The van der Waals surface area contributed by atoms with Crippen molar-refractivity contribution in [2.45, 2.75) is 38.3 Å². The van der Waals surface area contributed by atoms with Crippen LogP contribution in [0.15, 0.2) is 30.3 Å². The summed E-state index contributed by atoms with van der Waals surface area (Å²) in [5, 5.41) is 3.02. The van der Waals surface area contributed by atoms with Crippen LogP contribution in [-0.4, -0.2) is 37.2 Å². The molecule has 1 aromatic rings. The Morgan fingerprint density at radius 2 is 2.15 bits per heavy atom. The van der Waals surface area contributed by atoms with Gasteiger partial charge in [0.15, 0.2) is 0 Å². The van der Waals surface area contributed by atoms with Gasteiger partial charge in [0, 0.05) is 20.2 Å². The summed E-state index contributed by atoms with van der Waals surface area (Å²) in [7, 11) is 1.82. The lowest BCUT2D eigenvalue weighted by Crippen LogP contribution is -2.43. The monoisotopic (exact) mass is 276 g/mol. The lowest BCUT2D eigenvalue weighted by atomic mass is 10.1. The third kappa shape index (κ3) is 4.23. The van der Waals surface area contributed by atoms with Crippen molar-refractivity contribution in [3.8, 4) is 0 Å². The van der Waals surface area contributed by atoms with Gasteiger partial charge in [0.25, 0.3) is 0 Å². The van der Waals surface area contributed by atoms with Gasteiger partial charge in [-0.3, -0.25) is 0 Å². The van der Waals surface area contributed by atoms with Crippen molar-refractivity contribution in [3.63, 3.8) is 0 Å². The van der Waals surface area contributed by atoms with E-state index in [1.807, 2.05) is 44.3 Å². The maximum atomic E-state index is 12.2. The molecule has 0 aromatic heterocycles. The van der Waals surface area contributed by atoms with Crippen LogP contribution in [-0.2, 0) is 4.74 Å². The maximum Gasteiger partial charge on any atom is 0.317 e. The highest BCUT2D eigenvalue weighted by molar-refractivity contribution is 5.74. The predicted octanol–water partition coefficient (Wildman–Crippen LogP) is 2.96. The zero-order valence-electron chi connectivity index (χ0n) is 12.3. The number of amides is 2. The molecule has 0 spiro atoms. The van der Waals surface area contributed by atoms with E-state index in [9.17, 15) is 4.79 Å². The summed E-state index contributed by atoms with van der Waals surface area (Å²) in [6, 6.07) is 9.96. The number of urea groups is 1. The molecule has 110 valence electrons. The molecule has 1 heterocycles. The molecule has 2 amide bonds. The Balaban J connectivity index is 1.81. The van der Waals surface area contributed by atoms with Crippen molar-refractivity contribution in [2.24, 2.45) is 0 Å². The van der Waals surface area contributed by atoms with E-state index in [1.165, 1.54) is 6.42 Å². The van der Waals surface area contributed by atoms with Gasteiger partial charge in [0.2, 0.25) is 0 Å². The molecule has 1 aromatic carbocycles. The first-order valence-electron chi connectivity index (χ1n) is 7.35. The van der Waals surface area contributed by atoms with Crippen LogP contribution in [0, 0.1) is 0 Å². The van der Waals surface area contributed by atoms with Crippen molar-refractivity contribution < 1.29 is 9.53 Å². The molecule has 0 bridgehead atoms. The fourth-order valence-corrected chi connectivity index (χ4v) is 2.46. The lowest BCUT2D eigenvalue weighted by Gasteiger charge is -2.28. The van der Waals surface area contributed by atoms with E-state index in [2.05, 4.69) is 5.32 Å². The standard InChI is InChI=1S/C16H24N2O2/c1-13(14-8-4-3-5-9-14)17-16(19)18(2)12-15-10-6-7-11-20-15/h3-5,8-9,13,15H,6-7,10-12H2,1-2H3,(H,17,19). The van der Waals surface area contributed by atoms with Crippen LogP contribution in [0.1, 0.15) is 37.8 Å². The van der Waals surface area contributed by atoms with E-state index in [0.717, 1.165) is 25.0 Å². The van der Waals surface area contributed by atoms with Gasteiger partial charge >= 0.3 is 6.03 Å². The molecule has 0 radical (unpaired) electrons. The molecule has 1 N–H and O–H groups in total. The summed E-state index contributed by atoms with van der Waals surface area (Å²) in [5.41, 5.74) is 1.11. The average Bonchev–Trinajstić information content (AvgIpc) is 2.49. The van der Waals surface area contributed by atoms with Crippen LogP contribution in [0.4, 0.5) is 4.79 Å². The number of ether oxygens (including phenoxy) is 1. The van der Waals surface area contributed by atoms with E-state index >= 15 is 0 Å². The minimum Gasteiger partial charge on any atom is -0.376 e. The molecule has 20 heavy (non-hydrogen) atoms. The number of carbonyl (C=O) groups is 1. The number of benzene rings is 1. The fraction of sp³-hybridized carbons (Fsp3) is 0.562. The molecule has 1 fully saturated rings. The van der Waals surface area contributed by atoms with Crippen molar-refractivity contribution in [2.75, 3.05) is 20.2 Å². The van der Waals surface area contributed by atoms with E-state index < -0.39 is 0 Å². The number of nitrogens with zero attached hydrogens (tertiary/aromatic N) is 1. The number of hydrogen-bond acceptors (Lipinski definition) is 2. The quantitative estimate of drug-likeness (QED) is 0.918. The van der Waals surface area contributed by atoms with E-state index in [-0.39, 0.29) is 18.2 Å². The molecule has 1 aliphatic rings. The smallest absolute Gasteiger partial charge is 0.317 e. The van der Waals surface area contributed by atoms with Gasteiger partial charge in [-0.1, -0.05) is 30.3 Å². The first-order valence-corrected chi connectivity index (χ1v) is 7.35. The van der Waals surface area contributed by atoms with Crippen molar-refractivity contribution in [1.29, 1.82) is 0 Å². The fourth-order valence-electron chi connectivity index (χ4n) is 2.46. The second-order valence-electron chi connectivity index (χ2n) is 5.45. The summed E-state index contributed by atoms with van der Waals surface area (Å²) >= 11 is 0. The second kappa shape index (κ2) is 7.29. The molecular formula is C16H24N2O2. The number of carbonyl (C=O) groups excluding carboxylic acids is 1. The normalized spacial score (nSPS) is 20.2. The maximum absolute atomic E-state index is 12.2. The molecule has 1 aliphatic heterocycles. The zero-order valence-corrected chi connectivity index (χ0v) is 12.3. The van der Waals surface area contributed by atoms with Gasteiger partial charge in [-0.2, -0.15) is 0 Å². The van der Waals surface area contributed by atoms with Crippen molar-refractivity contribution in [1.82, 2.24) is 10.2 Å². The highest BCUT2D eigenvalue weighted by atomic mass is 16.5. The Morgan fingerprint density at radius 1 is 1.40 bits per heavy atom. The third-order valence-corrected chi connectivity index (χ3v) is 3.74. The largest absolute Gasteiger partial charge is 0.376 e. The highest BCUT2D eigenvalue weighted by Crippen LogP contribution is 2.14. The van der Waals surface area contributed by atoms with Crippen LogP contribution in [0.5, 0.6) is 0 Å². The number of nitrogens with one attached hydrogen (secondary N) is 1. The average molecular weight is 276 g/mol. The van der Waals surface area contributed by atoms with Crippen LogP contribution in [0.25, 0.3) is 0 Å². The molecule has 4 nitrogen and oxygen atoms in total. The summed E-state index contributed by atoms with van der Waals surface area (Å²) in [6.07, 6.45) is 3.57. The summed E-state index contributed by atoms with van der Waals surface area (Å²) in [6.45, 7) is 3.48. The topological polar surface area (TPSA) is 41.6 Å². The Hall–Kier alpha value is -1.55. The van der Waals surface area contributed by atoms with Gasteiger partial charge in [-0.15, -0.1) is 0 Å². The number of likely N-dealkylation sites (N-methyl/N-ethyl adjacent to an activating group) is 1. The third-order valence-electron chi connectivity index (χ3n) is 3.74. The van der Waals surface area contributed by atoms with Gasteiger partial charge in [0.1, 0.15) is 0 Å². The minimum atomic E-state index is -0.0458. The lowest BCUT2D eigenvalue weighted by molar-refractivity contribution is 0.00374. The molecule has 1 saturated heterocycles. The van der Waals surface area contributed by atoms with Gasteiger partial charge in [-0.05, 0) is 31.7 Å². The Kier molecular flexibility index (Phi) is 5.41. The number of rotatable bonds is 4. The van der Waals surface area contributed by atoms with E-state index in [4.69, 9.17) is 4.74 Å². The van der Waals surface area contributed by atoms with Gasteiger partial charge in [0.05, 0.1) is 12.1 Å². The first kappa shape index (κ1) is 14.9. The van der Waals surface area contributed by atoms with Crippen LogP contribution in [0.3, 0.4) is 0 Å². The van der Waals surface area contributed by atoms with E-state index in [1.54, 1.807) is 4.90 Å². The molecule has 2 rings (SSSR count). The predicted molar refractivity (Wildman–Crippen MR) is 79.6 cm³/mol. The summed E-state index contributed by atoms with van der Waals surface area (Å²) in [4.78, 5) is 13.9. The Morgan fingerprint density at radius 3 is 2.80 bits per heavy atom. The van der Waals surface area contributed by atoms with Crippen molar-refractivity contribution in [3.05, 3.63) is 35.9 Å². The van der Waals surface area contributed by atoms with Gasteiger partial charge < -0.3 is 15.0 Å².